The van der Waals surface area contributed by atoms with Crippen LogP contribution in [0.15, 0.2) is 42.4 Å². The summed E-state index contributed by atoms with van der Waals surface area (Å²) in [5.41, 5.74) is 15.3. The average molecular weight is 349 g/mol. The number of pyridine rings is 1. The molecule has 1 atom stereocenters. The topological polar surface area (TPSA) is 107 Å². The number of nitrogens with two attached hydrogens (primary N) is 2. The summed E-state index contributed by atoms with van der Waals surface area (Å²) in [6.45, 7) is 7.12. The Kier molecular flexibility index (Phi) is 3.59. The second-order valence-corrected chi connectivity index (χ2v) is 7.68. The molecule has 0 saturated carbocycles. The Morgan fingerprint density at radius 2 is 1.96 bits per heavy atom. The van der Waals surface area contributed by atoms with Crippen molar-refractivity contribution in [2.24, 2.45) is 11.5 Å². The van der Waals surface area contributed by atoms with Gasteiger partial charge >= 0.3 is 0 Å². The number of aryl methyl sites for hydroxylation is 1. The van der Waals surface area contributed by atoms with Gasteiger partial charge in [-0.05, 0) is 31.6 Å². The molecule has 1 aliphatic heterocycles. The van der Waals surface area contributed by atoms with Crippen LogP contribution in [0.2, 0.25) is 0 Å². The molecule has 134 valence electrons. The summed E-state index contributed by atoms with van der Waals surface area (Å²) in [6.07, 6.45) is 7.63. The highest BCUT2D eigenvalue weighted by Gasteiger charge is 2.39. The molecule has 2 aliphatic rings. The summed E-state index contributed by atoms with van der Waals surface area (Å²) in [5, 5.41) is 0. The van der Waals surface area contributed by atoms with E-state index < -0.39 is 5.54 Å². The summed E-state index contributed by atoms with van der Waals surface area (Å²) in [6, 6.07) is 4.09. The zero-order valence-electron chi connectivity index (χ0n) is 15.3. The van der Waals surface area contributed by atoms with E-state index in [1.807, 2.05) is 25.1 Å². The van der Waals surface area contributed by atoms with E-state index in [9.17, 15) is 0 Å². The van der Waals surface area contributed by atoms with Gasteiger partial charge in [-0.2, -0.15) is 4.98 Å². The van der Waals surface area contributed by atoms with E-state index >= 15 is 0 Å². The van der Waals surface area contributed by atoms with Crippen molar-refractivity contribution in [1.29, 1.82) is 0 Å². The Labute approximate surface area is 152 Å². The normalized spacial score (nSPS) is 23.7. The molecule has 3 heterocycles. The quantitative estimate of drug-likeness (QED) is 0.853. The number of allylic oxidation sites excluding steroid dienone is 1. The second kappa shape index (κ2) is 5.60. The molecule has 0 amide bonds. The Hall–Kier alpha value is -2.80. The van der Waals surface area contributed by atoms with E-state index in [1.54, 1.807) is 6.08 Å². The minimum Gasteiger partial charge on any atom is -0.399 e. The summed E-state index contributed by atoms with van der Waals surface area (Å²) < 4.78 is 0. The molecule has 1 unspecified atom stereocenters. The van der Waals surface area contributed by atoms with Crippen molar-refractivity contribution in [3.05, 3.63) is 59.6 Å². The van der Waals surface area contributed by atoms with Crippen LogP contribution in [0.5, 0.6) is 0 Å². The molecular formula is C19H23N7. The van der Waals surface area contributed by atoms with Gasteiger partial charge in [0, 0.05) is 23.4 Å². The highest BCUT2D eigenvalue weighted by molar-refractivity contribution is 5.67. The van der Waals surface area contributed by atoms with Crippen molar-refractivity contribution in [3.63, 3.8) is 0 Å². The Balaban J connectivity index is 1.74. The third-order valence-corrected chi connectivity index (χ3v) is 4.96. The molecule has 7 heteroatoms. The second-order valence-electron chi connectivity index (χ2n) is 7.68. The predicted molar refractivity (Wildman–Crippen MR) is 101 cm³/mol. The van der Waals surface area contributed by atoms with Crippen molar-refractivity contribution >= 4 is 11.6 Å². The molecular weight excluding hydrogens is 326 g/mol. The maximum absolute atomic E-state index is 6.51. The van der Waals surface area contributed by atoms with Crippen LogP contribution in [0.1, 0.15) is 37.5 Å². The van der Waals surface area contributed by atoms with Crippen LogP contribution in [-0.2, 0) is 11.0 Å². The van der Waals surface area contributed by atoms with E-state index in [-0.39, 0.29) is 5.41 Å². The molecule has 0 fully saturated rings. The zero-order chi connectivity index (χ0) is 18.5. The molecule has 0 aromatic carbocycles. The molecule has 0 saturated heterocycles. The Bertz CT molecular complexity index is 931. The van der Waals surface area contributed by atoms with Gasteiger partial charge in [-0.25, -0.2) is 9.97 Å². The highest BCUT2D eigenvalue weighted by atomic mass is 15.3. The van der Waals surface area contributed by atoms with Crippen molar-refractivity contribution in [2.45, 2.75) is 38.1 Å². The minimum atomic E-state index is -0.774. The molecule has 0 radical (unpaired) electrons. The van der Waals surface area contributed by atoms with Crippen LogP contribution < -0.4 is 16.4 Å². The first kappa shape index (κ1) is 16.7. The molecule has 1 aliphatic carbocycles. The van der Waals surface area contributed by atoms with Crippen LogP contribution in [0.4, 0.5) is 11.6 Å². The first-order chi connectivity index (χ1) is 12.3. The first-order valence-corrected chi connectivity index (χ1v) is 8.67. The molecule has 4 rings (SSSR count). The van der Waals surface area contributed by atoms with Crippen LogP contribution in [0.25, 0.3) is 0 Å². The van der Waals surface area contributed by atoms with Crippen LogP contribution in [0, 0.1) is 6.92 Å². The molecule has 26 heavy (non-hydrogen) atoms. The van der Waals surface area contributed by atoms with Gasteiger partial charge in [-0.1, -0.05) is 26.0 Å². The number of nitrogens with zero attached hydrogens (tertiary/aromatic N) is 5. The lowest BCUT2D eigenvalue weighted by Crippen LogP contribution is -2.38. The van der Waals surface area contributed by atoms with Crippen LogP contribution >= 0.6 is 0 Å². The number of aromatic nitrogens is 4. The predicted octanol–water partition coefficient (Wildman–Crippen LogP) is 1.96. The monoisotopic (exact) mass is 349 g/mol. The fourth-order valence-corrected chi connectivity index (χ4v) is 3.47. The van der Waals surface area contributed by atoms with Gasteiger partial charge in [0.2, 0.25) is 5.95 Å². The van der Waals surface area contributed by atoms with Gasteiger partial charge in [0.1, 0.15) is 6.33 Å². The first-order valence-electron chi connectivity index (χ1n) is 8.67. The largest absolute Gasteiger partial charge is 0.399 e. The molecule has 0 spiro atoms. The molecule has 0 bridgehead atoms. The third kappa shape index (κ3) is 2.64. The van der Waals surface area contributed by atoms with Gasteiger partial charge in [0.25, 0.3) is 0 Å². The van der Waals surface area contributed by atoms with Crippen LogP contribution in [-0.4, -0.2) is 26.5 Å². The van der Waals surface area contributed by atoms with Gasteiger partial charge in [0.15, 0.2) is 5.82 Å². The number of hydrogen-bond acceptors (Lipinski definition) is 7. The number of fused-ring (bicyclic) bond motifs is 1. The Morgan fingerprint density at radius 1 is 1.15 bits per heavy atom. The summed E-state index contributed by atoms with van der Waals surface area (Å²) in [4.78, 5) is 20.3. The minimum absolute atomic E-state index is 0.0868. The van der Waals surface area contributed by atoms with Crippen LogP contribution in [0.3, 0.4) is 0 Å². The SMILES string of the molecule is Cc1ccc2c(n1)C(C)(C)CN2c1ncnc(C2(N)C=CC(N)=CC2)n1. The lowest BCUT2D eigenvalue weighted by molar-refractivity contribution is 0.516. The fourth-order valence-electron chi connectivity index (χ4n) is 3.47. The lowest BCUT2D eigenvalue weighted by Gasteiger charge is -2.27. The summed E-state index contributed by atoms with van der Waals surface area (Å²) in [7, 11) is 0. The maximum Gasteiger partial charge on any atom is 0.233 e. The molecule has 2 aromatic rings. The average Bonchev–Trinajstić information content (AvgIpc) is 2.89. The van der Waals surface area contributed by atoms with Gasteiger partial charge in [0.05, 0.1) is 16.9 Å². The van der Waals surface area contributed by atoms with E-state index in [4.69, 9.17) is 21.4 Å². The molecule has 2 aromatic heterocycles. The van der Waals surface area contributed by atoms with Crippen molar-refractivity contribution in [2.75, 3.05) is 11.4 Å². The van der Waals surface area contributed by atoms with Gasteiger partial charge in [-0.3, -0.25) is 4.98 Å². The molecule has 7 nitrogen and oxygen atoms in total. The standard InChI is InChI=1S/C19H23N7/c1-12-4-5-14-15(24-12)18(2,3)10-26(14)17-23-11-22-16(25-17)19(21)8-6-13(20)7-9-19/h4-8,11H,9-10,20-21H2,1-3H3. The van der Waals surface area contributed by atoms with Gasteiger partial charge < -0.3 is 16.4 Å². The van der Waals surface area contributed by atoms with Crippen molar-refractivity contribution in [1.82, 2.24) is 19.9 Å². The molecule has 4 N–H and O–H groups in total. The smallest absolute Gasteiger partial charge is 0.233 e. The number of rotatable bonds is 2. The fraction of sp³-hybridized carbons (Fsp3) is 0.368. The summed E-state index contributed by atoms with van der Waals surface area (Å²) >= 11 is 0. The summed E-state index contributed by atoms with van der Waals surface area (Å²) in [5.74, 6) is 1.13. The van der Waals surface area contributed by atoms with E-state index in [0.29, 0.717) is 23.9 Å². The number of hydrogen-bond donors (Lipinski definition) is 2. The van der Waals surface area contributed by atoms with E-state index in [0.717, 1.165) is 23.6 Å². The van der Waals surface area contributed by atoms with E-state index in [1.165, 1.54) is 6.33 Å². The third-order valence-electron chi connectivity index (χ3n) is 4.96. The van der Waals surface area contributed by atoms with Crippen molar-refractivity contribution in [3.8, 4) is 0 Å². The zero-order valence-corrected chi connectivity index (χ0v) is 15.3. The van der Waals surface area contributed by atoms with Gasteiger partial charge in [-0.15, -0.1) is 0 Å². The lowest BCUT2D eigenvalue weighted by atomic mass is 9.90. The Morgan fingerprint density at radius 3 is 2.69 bits per heavy atom. The van der Waals surface area contributed by atoms with E-state index in [2.05, 4.69) is 34.8 Å². The highest BCUT2D eigenvalue weighted by Crippen LogP contribution is 2.42. The maximum atomic E-state index is 6.51. The van der Waals surface area contributed by atoms with Crippen molar-refractivity contribution < 1.29 is 0 Å². The number of anilines is 2.